The number of rotatable bonds is 11. The maximum Gasteiger partial charge on any atom is 0.335 e. The van der Waals surface area contributed by atoms with E-state index in [2.05, 4.69) is 35.9 Å². The highest BCUT2D eigenvalue weighted by Gasteiger charge is 2.22. The topological polar surface area (TPSA) is 248 Å². The van der Waals surface area contributed by atoms with Gasteiger partial charge in [-0.25, -0.2) is 19.6 Å². The maximum absolute atomic E-state index is 12.7. The van der Waals surface area contributed by atoms with E-state index in [0.717, 1.165) is 0 Å². The molecule has 0 spiro atoms. The first kappa shape index (κ1) is 28.2. The van der Waals surface area contributed by atoms with Crippen LogP contribution in [0.2, 0.25) is 0 Å². The number of hydrogen-bond acceptors (Lipinski definition) is 11. The highest BCUT2D eigenvalue weighted by atomic mass is 16.4. The molecule has 15 nitrogen and oxygen atoms in total. The van der Waals surface area contributed by atoms with Gasteiger partial charge >= 0.3 is 11.9 Å². The molecule has 0 unspecified atom stereocenters. The molecule has 2 heterocycles. The number of benzene rings is 2. The zero-order valence-corrected chi connectivity index (χ0v) is 21.4. The van der Waals surface area contributed by atoms with E-state index >= 15 is 0 Å². The minimum Gasteiger partial charge on any atom is -0.480 e. The van der Waals surface area contributed by atoms with E-state index in [1.807, 2.05) is 0 Å². The first-order valence-electron chi connectivity index (χ1n) is 12.1. The lowest BCUT2D eigenvalue weighted by Gasteiger charge is -2.15. The number of nitrogens with two attached hydrogens (primary N) is 2. The fourth-order valence-corrected chi connectivity index (χ4v) is 3.73. The van der Waals surface area contributed by atoms with Gasteiger partial charge in [-0.1, -0.05) is 6.07 Å². The fraction of sp³-hybridized carbons (Fsp3) is 0.154. The van der Waals surface area contributed by atoms with Crippen molar-refractivity contribution in [1.82, 2.24) is 25.3 Å². The van der Waals surface area contributed by atoms with E-state index in [1.165, 1.54) is 42.6 Å². The monoisotopic (exact) mass is 559 g/mol. The maximum atomic E-state index is 12.7. The highest BCUT2D eigenvalue weighted by Crippen LogP contribution is 2.16. The van der Waals surface area contributed by atoms with Crippen LogP contribution in [-0.2, 0) is 16.1 Å². The average molecular weight is 560 g/mol. The number of nitrogens with zero attached hydrogens (tertiary/aromatic N) is 4. The number of aromatic nitrogens is 4. The van der Waals surface area contributed by atoms with Crippen molar-refractivity contribution in [3.05, 3.63) is 71.5 Å². The molecule has 4 rings (SSSR count). The predicted molar refractivity (Wildman–Crippen MR) is 148 cm³/mol. The predicted octanol–water partition coefficient (Wildman–Crippen LogP) is 1.50. The lowest BCUT2D eigenvalue weighted by Crippen LogP contribution is -2.41. The number of anilines is 4. The number of aliphatic carboxylic acids is 1. The summed E-state index contributed by atoms with van der Waals surface area (Å²) in [5.74, 6) is -3.50. The number of carboxylic acids is 2. The SMILES string of the molecule is Nc1nc(N)c2nc(CNc3ccc(C(=O)N[C@@H](CCC(=O)Nc4cccc(C(=O)O)c4)C(=O)O)cc3)cnc2n1. The highest BCUT2D eigenvalue weighted by molar-refractivity contribution is 5.97. The molecule has 4 aromatic rings. The third-order valence-electron chi connectivity index (χ3n) is 5.78. The molecule has 41 heavy (non-hydrogen) atoms. The standard InChI is InChI=1S/C26H25N9O6/c27-21-20-22(35-26(28)34-21)30-12-17(32-20)11-29-15-6-4-13(5-7-15)23(37)33-18(25(40)41)8-9-19(36)31-16-3-1-2-14(10-16)24(38)39/h1-7,10,12,18,29H,8-9,11H2,(H,31,36)(H,33,37)(H,38,39)(H,40,41)(H4,27,28,30,34,35)/t18-/m0/s1. The fourth-order valence-electron chi connectivity index (χ4n) is 3.73. The second-order valence-electron chi connectivity index (χ2n) is 8.77. The van der Waals surface area contributed by atoms with Gasteiger partial charge in [-0.3, -0.25) is 9.59 Å². The van der Waals surface area contributed by atoms with Crippen LogP contribution >= 0.6 is 0 Å². The summed E-state index contributed by atoms with van der Waals surface area (Å²) in [7, 11) is 0. The van der Waals surface area contributed by atoms with E-state index in [0.29, 0.717) is 16.9 Å². The molecule has 15 heteroatoms. The first-order valence-corrected chi connectivity index (χ1v) is 12.1. The summed E-state index contributed by atoms with van der Waals surface area (Å²) in [5, 5.41) is 26.7. The lowest BCUT2D eigenvalue weighted by atomic mass is 10.1. The molecule has 210 valence electrons. The first-order chi connectivity index (χ1) is 19.6. The van der Waals surface area contributed by atoms with E-state index in [-0.39, 0.29) is 53.6 Å². The van der Waals surface area contributed by atoms with Crippen molar-refractivity contribution in [2.75, 3.05) is 22.1 Å². The minimum absolute atomic E-state index is 0.000140. The molecule has 0 aliphatic rings. The Kier molecular flexibility index (Phi) is 8.47. The number of amides is 2. The molecule has 9 N–H and O–H groups in total. The molecular formula is C26H25N9O6. The molecule has 0 bridgehead atoms. The van der Waals surface area contributed by atoms with E-state index in [9.17, 15) is 24.3 Å². The molecule has 0 radical (unpaired) electrons. The Bertz CT molecular complexity index is 1630. The second-order valence-corrected chi connectivity index (χ2v) is 8.77. The van der Waals surface area contributed by atoms with Gasteiger partial charge in [-0.15, -0.1) is 0 Å². The number of carbonyl (C=O) groups excluding carboxylic acids is 2. The van der Waals surface area contributed by atoms with Crippen LogP contribution in [0.1, 0.15) is 39.3 Å². The number of nitrogen functional groups attached to an aromatic ring is 2. The Balaban J connectivity index is 1.30. The van der Waals surface area contributed by atoms with Crippen molar-refractivity contribution in [3.8, 4) is 0 Å². The van der Waals surface area contributed by atoms with Crippen LogP contribution < -0.4 is 27.4 Å². The molecular weight excluding hydrogens is 534 g/mol. The summed E-state index contributed by atoms with van der Waals surface area (Å²) in [6.07, 6.45) is 1.11. The van der Waals surface area contributed by atoms with Crippen LogP contribution in [0.25, 0.3) is 11.2 Å². The van der Waals surface area contributed by atoms with Crippen LogP contribution in [0.4, 0.5) is 23.1 Å². The van der Waals surface area contributed by atoms with E-state index < -0.39 is 29.8 Å². The summed E-state index contributed by atoms with van der Waals surface area (Å²) < 4.78 is 0. The minimum atomic E-state index is -1.32. The Labute approximate surface area is 232 Å². The summed E-state index contributed by atoms with van der Waals surface area (Å²) in [5.41, 5.74) is 13.7. The Hall–Kier alpha value is -5.86. The van der Waals surface area contributed by atoms with Gasteiger partial charge in [0.2, 0.25) is 11.9 Å². The van der Waals surface area contributed by atoms with Crippen molar-refractivity contribution < 1.29 is 29.4 Å². The average Bonchev–Trinajstić information content (AvgIpc) is 2.94. The number of aromatic carboxylic acids is 1. The molecule has 0 fully saturated rings. The lowest BCUT2D eigenvalue weighted by molar-refractivity contribution is -0.139. The van der Waals surface area contributed by atoms with Crippen molar-refractivity contribution in [3.63, 3.8) is 0 Å². The van der Waals surface area contributed by atoms with Crippen LogP contribution in [0.3, 0.4) is 0 Å². The van der Waals surface area contributed by atoms with Crippen LogP contribution in [0.15, 0.2) is 54.7 Å². The van der Waals surface area contributed by atoms with Gasteiger partial charge in [-0.05, 0) is 48.9 Å². The van der Waals surface area contributed by atoms with Gasteiger partial charge in [0, 0.05) is 23.4 Å². The van der Waals surface area contributed by atoms with Crippen molar-refractivity contribution in [2.45, 2.75) is 25.4 Å². The van der Waals surface area contributed by atoms with Gasteiger partial charge in [0.15, 0.2) is 17.0 Å². The van der Waals surface area contributed by atoms with Crippen LogP contribution in [0, 0.1) is 0 Å². The van der Waals surface area contributed by atoms with Gasteiger partial charge in [-0.2, -0.15) is 9.97 Å². The van der Waals surface area contributed by atoms with Gasteiger partial charge in [0.1, 0.15) is 6.04 Å². The van der Waals surface area contributed by atoms with Crippen molar-refractivity contribution in [2.24, 2.45) is 0 Å². The number of carboxylic acid groups (broad SMARTS) is 2. The van der Waals surface area contributed by atoms with E-state index in [4.69, 9.17) is 16.6 Å². The second kappa shape index (κ2) is 12.3. The van der Waals surface area contributed by atoms with Crippen molar-refractivity contribution in [1.29, 1.82) is 0 Å². The third kappa shape index (κ3) is 7.38. The Morgan fingerprint density at radius 3 is 2.37 bits per heavy atom. The van der Waals surface area contributed by atoms with Gasteiger partial charge in [0.05, 0.1) is 24.0 Å². The zero-order chi connectivity index (χ0) is 29.5. The van der Waals surface area contributed by atoms with Gasteiger partial charge < -0.3 is 37.6 Å². The molecule has 0 aliphatic heterocycles. The third-order valence-corrected chi connectivity index (χ3v) is 5.78. The molecule has 0 aliphatic carbocycles. The quantitative estimate of drug-likeness (QED) is 0.138. The normalized spacial score (nSPS) is 11.4. The number of hydrogen-bond donors (Lipinski definition) is 7. The smallest absolute Gasteiger partial charge is 0.335 e. The summed E-state index contributed by atoms with van der Waals surface area (Å²) in [4.78, 5) is 64.1. The number of carbonyl (C=O) groups is 4. The molecule has 1 atom stereocenters. The largest absolute Gasteiger partial charge is 0.480 e. The van der Waals surface area contributed by atoms with E-state index in [1.54, 1.807) is 12.1 Å². The Morgan fingerprint density at radius 1 is 0.902 bits per heavy atom. The van der Waals surface area contributed by atoms with Gasteiger partial charge in [0.25, 0.3) is 5.91 Å². The Morgan fingerprint density at radius 2 is 1.66 bits per heavy atom. The molecule has 0 saturated carbocycles. The summed E-state index contributed by atoms with van der Waals surface area (Å²) >= 11 is 0. The van der Waals surface area contributed by atoms with Crippen LogP contribution in [-0.4, -0.2) is 59.9 Å². The molecule has 2 aromatic carbocycles. The molecule has 0 saturated heterocycles. The number of fused-ring (bicyclic) bond motifs is 1. The molecule has 2 aromatic heterocycles. The van der Waals surface area contributed by atoms with Crippen LogP contribution in [0.5, 0.6) is 0 Å². The number of nitrogens with one attached hydrogen (secondary N) is 3. The zero-order valence-electron chi connectivity index (χ0n) is 21.4. The summed E-state index contributed by atoms with van der Waals surface area (Å²) in [6, 6.07) is 10.6. The molecule has 2 amide bonds. The summed E-state index contributed by atoms with van der Waals surface area (Å²) in [6.45, 7) is 0.280. The van der Waals surface area contributed by atoms with Crippen molar-refractivity contribution >= 4 is 58.1 Å².